The minimum atomic E-state index is -2.08. The monoisotopic (exact) mass is 606 g/mol. The van der Waals surface area contributed by atoms with E-state index in [2.05, 4.69) is 25.2 Å². The van der Waals surface area contributed by atoms with Crippen LogP contribution in [-0.4, -0.2) is 83.7 Å². The Bertz CT molecular complexity index is 1680. The summed E-state index contributed by atoms with van der Waals surface area (Å²) in [5.74, 6) is -0.474. The first-order valence-corrected chi connectivity index (χ1v) is 14.5. The number of aromatic nitrogens is 3. The quantitative estimate of drug-likeness (QED) is 0.200. The van der Waals surface area contributed by atoms with E-state index in [-0.39, 0.29) is 34.7 Å². The molecule has 0 radical (unpaired) electrons. The normalized spacial score (nSPS) is 19.1. The number of nitro benzene ring substituents is 1. The van der Waals surface area contributed by atoms with Gasteiger partial charge in [-0.15, -0.1) is 0 Å². The molecule has 0 amide bonds. The number of nitro groups is 1. The summed E-state index contributed by atoms with van der Waals surface area (Å²) in [6, 6.07) is 6.78. The van der Waals surface area contributed by atoms with Gasteiger partial charge in [0, 0.05) is 55.1 Å². The minimum absolute atomic E-state index is 0.0348. The van der Waals surface area contributed by atoms with Crippen LogP contribution in [0.1, 0.15) is 58.6 Å². The molecule has 3 aromatic rings. The fraction of sp³-hybridized carbons (Fsp3) is 0.484. The van der Waals surface area contributed by atoms with Crippen LogP contribution in [0.25, 0.3) is 0 Å². The number of ether oxygens (including phenoxy) is 2. The standard InChI is InChI=1S/C31H40N8O5/c1-18(2)44-29(40)21-15-32-30(35-28(21)38-17-31(4,5)27-23(38)10-9-19(3)33-27)34-22-13-25(39(41)42)24(14-26(22)43-8)37-12-11-20(16-37)36(6)7/h9-10,13-15,18,20H,11-12,16-17H2,1-8H3,(H,32,34,35)/t20-/m1/s1/i17D2. The number of hydrogen-bond donors (Lipinski definition) is 1. The third-order valence-corrected chi connectivity index (χ3v) is 7.75. The first-order valence-electron chi connectivity index (χ1n) is 15.5. The van der Waals surface area contributed by atoms with Crippen molar-refractivity contribution in [2.75, 3.05) is 55.9 Å². The van der Waals surface area contributed by atoms with Gasteiger partial charge in [-0.25, -0.2) is 9.78 Å². The summed E-state index contributed by atoms with van der Waals surface area (Å²) in [4.78, 5) is 44.2. The summed E-state index contributed by atoms with van der Waals surface area (Å²) in [5, 5.41) is 15.3. The van der Waals surface area contributed by atoms with Crippen molar-refractivity contribution in [2.24, 2.45) is 0 Å². The van der Waals surface area contributed by atoms with Crippen molar-refractivity contribution in [3.8, 4) is 5.75 Å². The lowest BCUT2D eigenvalue weighted by atomic mass is 9.91. The van der Waals surface area contributed by atoms with Crippen molar-refractivity contribution in [1.29, 1.82) is 0 Å². The zero-order valence-corrected chi connectivity index (χ0v) is 26.3. The number of nitrogens with one attached hydrogen (secondary N) is 1. The highest BCUT2D eigenvalue weighted by atomic mass is 16.6. The van der Waals surface area contributed by atoms with E-state index >= 15 is 0 Å². The number of aryl methyl sites for hydroxylation is 1. The molecule has 0 aliphatic carbocycles. The summed E-state index contributed by atoms with van der Waals surface area (Å²) in [6.07, 6.45) is 1.68. The van der Waals surface area contributed by atoms with E-state index in [1.54, 1.807) is 45.9 Å². The van der Waals surface area contributed by atoms with Crippen LogP contribution in [0.15, 0.2) is 30.5 Å². The molecule has 4 heterocycles. The molecular weight excluding hydrogens is 564 g/mol. The van der Waals surface area contributed by atoms with Gasteiger partial charge in [0.1, 0.15) is 17.0 Å². The molecule has 1 atom stereocenters. The molecule has 13 nitrogen and oxygen atoms in total. The number of anilines is 5. The van der Waals surface area contributed by atoms with Crippen molar-refractivity contribution >= 4 is 40.5 Å². The number of benzene rings is 1. The molecule has 44 heavy (non-hydrogen) atoms. The molecule has 0 spiro atoms. The Labute approximate surface area is 260 Å². The SMILES string of the molecule is [2H]C1([2H])N(c2nc(Nc3cc([N+](=O)[O-])c(N4CC[C@@H](N(C)C)C4)cc3OC)ncc2C(=O)OC(C)C)c2ccc(C)nc2C1(C)C. The highest BCUT2D eigenvalue weighted by Crippen LogP contribution is 2.45. The van der Waals surface area contributed by atoms with E-state index in [0.717, 1.165) is 12.1 Å². The van der Waals surface area contributed by atoms with Crippen LogP contribution in [0, 0.1) is 17.0 Å². The second-order valence-electron chi connectivity index (χ2n) is 12.1. The van der Waals surface area contributed by atoms with E-state index in [4.69, 9.17) is 9.47 Å². The number of likely N-dealkylation sites (N-methyl/N-ethyl adjacent to an activating group) is 1. The van der Waals surface area contributed by atoms with Crippen LogP contribution >= 0.6 is 0 Å². The molecule has 1 N–H and O–H groups in total. The van der Waals surface area contributed by atoms with Gasteiger partial charge in [-0.1, -0.05) is 13.8 Å². The average Bonchev–Trinajstić information content (AvgIpc) is 3.53. The fourth-order valence-corrected chi connectivity index (χ4v) is 5.50. The Balaban J connectivity index is 1.62. The number of fused-ring (bicyclic) bond motifs is 1. The topological polar surface area (TPSA) is 139 Å². The van der Waals surface area contributed by atoms with Gasteiger partial charge < -0.3 is 29.5 Å². The van der Waals surface area contributed by atoms with Crippen LogP contribution in [0.5, 0.6) is 5.75 Å². The Kier molecular flexibility index (Phi) is 7.62. The first kappa shape index (κ1) is 28.3. The maximum Gasteiger partial charge on any atom is 0.343 e. The molecule has 1 fully saturated rings. The van der Waals surface area contributed by atoms with Gasteiger partial charge in [0.05, 0.1) is 37.9 Å². The second-order valence-corrected chi connectivity index (χ2v) is 12.1. The van der Waals surface area contributed by atoms with Crippen LogP contribution in [-0.2, 0) is 10.2 Å². The number of esters is 1. The summed E-state index contributed by atoms with van der Waals surface area (Å²) >= 11 is 0. The van der Waals surface area contributed by atoms with Gasteiger partial charge in [-0.3, -0.25) is 15.1 Å². The Hall–Kier alpha value is -4.52. The maximum atomic E-state index is 13.3. The fourth-order valence-electron chi connectivity index (χ4n) is 5.50. The number of pyridine rings is 1. The zero-order chi connectivity index (χ0) is 33.7. The summed E-state index contributed by atoms with van der Waals surface area (Å²) in [6.45, 7) is 7.95. The van der Waals surface area contributed by atoms with Gasteiger partial charge in [-0.2, -0.15) is 4.98 Å². The minimum Gasteiger partial charge on any atom is -0.494 e. The molecular formula is C31H40N8O5. The van der Waals surface area contributed by atoms with Crippen LogP contribution < -0.4 is 19.9 Å². The molecule has 0 unspecified atom stereocenters. The zero-order valence-electron chi connectivity index (χ0n) is 28.3. The van der Waals surface area contributed by atoms with Crippen molar-refractivity contribution in [1.82, 2.24) is 19.9 Å². The largest absolute Gasteiger partial charge is 0.494 e. The van der Waals surface area contributed by atoms with E-state index in [0.29, 0.717) is 35.9 Å². The van der Waals surface area contributed by atoms with Crippen LogP contribution in [0.3, 0.4) is 0 Å². The number of hydrogen-bond acceptors (Lipinski definition) is 12. The predicted molar refractivity (Wildman–Crippen MR) is 169 cm³/mol. The van der Waals surface area contributed by atoms with Crippen molar-refractivity contribution in [3.05, 3.63) is 57.5 Å². The van der Waals surface area contributed by atoms with Gasteiger partial charge in [0.2, 0.25) is 5.95 Å². The molecule has 2 aromatic heterocycles. The third kappa shape index (κ3) is 5.96. The molecule has 0 bridgehead atoms. The summed E-state index contributed by atoms with van der Waals surface area (Å²) in [5.41, 5.74) is 1.09. The number of carbonyl (C=O) groups is 1. The van der Waals surface area contributed by atoms with Gasteiger partial charge in [0.25, 0.3) is 5.69 Å². The van der Waals surface area contributed by atoms with E-state index in [1.165, 1.54) is 24.3 Å². The number of rotatable bonds is 9. The lowest BCUT2D eigenvalue weighted by molar-refractivity contribution is -0.384. The van der Waals surface area contributed by atoms with Crippen LogP contribution in [0.4, 0.5) is 34.5 Å². The molecule has 2 aliphatic rings. The van der Waals surface area contributed by atoms with Crippen molar-refractivity contribution < 1.29 is 21.9 Å². The van der Waals surface area contributed by atoms with Gasteiger partial charge >= 0.3 is 5.97 Å². The third-order valence-electron chi connectivity index (χ3n) is 7.75. The molecule has 13 heteroatoms. The van der Waals surface area contributed by atoms with Crippen LogP contribution in [0.2, 0.25) is 0 Å². The second kappa shape index (κ2) is 11.9. The average molecular weight is 607 g/mol. The molecule has 2 aliphatic heterocycles. The number of methoxy groups -OCH3 is 1. The van der Waals surface area contributed by atoms with Crippen molar-refractivity contribution in [3.63, 3.8) is 0 Å². The molecule has 1 saturated heterocycles. The predicted octanol–water partition coefficient (Wildman–Crippen LogP) is 4.98. The number of nitrogens with zero attached hydrogens (tertiary/aromatic N) is 7. The Morgan fingerprint density at radius 3 is 2.64 bits per heavy atom. The molecule has 234 valence electrons. The maximum absolute atomic E-state index is 13.3. The van der Waals surface area contributed by atoms with Gasteiger partial charge in [0.15, 0.2) is 5.82 Å². The lowest BCUT2D eigenvalue weighted by Gasteiger charge is -2.24. The smallest absolute Gasteiger partial charge is 0.343 e. The molecule has 1 aromatic carbocycles. The highest BCUT2D eigenvalue weighted by Gasteiger charge is 2.40. The van der Waals surface area contributed by atoms with Gasteiger partial charge in [-0.05, 0) is 53.4 Å². The summed E-state index contributed by atoms with van der Waals surface area (Å²) < 4.78 is 29.6. The molecule has 5 rings (SSSR count). The van der Waals surface area contributed by atoms with E-state index < -0.39 is 28.9 Å². The van der Waals surface area contributed by atoms with Crippen molar-refractivity contribution in [2.45, 2.75) is 58.6 Å². The Morgan fingerprint density at radius 1 is 1.25 bits per heavy atom. The Morgan fingerprint density at radius 2 is 2.00 bits per heavy atom. The van der Waals surface area contributed by atoms with E-state index in [9.17, 15) is 17.7 Å². The first-order chi connectivity index (χ1) is 21.6. The van der Waals surface area contributed by atoms with E-state index in [1.807, 2.05) is 25.9 Å². The lowest BCUT2D eigenvalue weighted by Crippen LogP contribution is -2.31. The molecule has 0 saturated carbocycles. The highest BCUT2D eigenvalue weighted by molar-refractivity contribution is 5.96. The summed E-state index contributed by atoms with van der Waals surface area (Å²) in [7, 11) is 5.44. The number of carbonyl (C=O) groups excluding carboxylic acids is 1.